The van der Waals surface area contributed by atoms with E-state index in [1.165, 1.54) is 0 Å². The van der Waals surface area contributed by atoms with Crippen LogP contribution in [0.5, 0.6) is 0 Å². The van der Waals surface area contributed by atoms with Crippen LogP contribution in [-0.4, -0.2) is 6.10 Å². The molecule has 2 radical (unpaired) electrons. The molecule has 0 N–H and O–H groups in total. The molecule has 0 saturated carbocycles. The van der Waals surface area contributed by atoms with Gasteiger partial charge in [-0.15, -0.1) is 0 Å². The summed E-state index contributed by atoms with van der Waals surface area (Å²) in [5, 5.41) is 10.4. The molecule has 0 bridgehead atoms. The molecule has 7 heavy (non-hydrogen) atoms. The predicted octanol–water partition coefficient (Wildman–Crippen LogP) is 1.81. The molecule has 1 atom stereocenters. The Morgan fingerprint density at radius 3 is 2.29 bits per heavy atom. The summed E-state index contributed by atoms with van der Waals surface area (Å²) in [6.07, 6.45) is 3.00. The smallest absolute Gasteiger partial charge is 0.0959 e. The lowest BCUT2D eigenvalue weighted by molar-refractivity contribution is 0.110. The second-order valence-corrected chi connectivity index (χ2v) is 1.59. The minimum atomic E-state index is -0.426. The first-order chi connectivity index (χ1) is 3.31. The van der Waals surface area contributed by atoms with Crippen molar-refractivity contribution < 1.29 is 5.11 Å². The first-order valence-electron chi connectivity index (χ1n) is 2.80. The molecule has 42 valence electrons. The summed E-state index contributed by atoms with van der Waals surface area (Å²) < 4.78 is 0. The average Bonchev–Trinajstić information content (AvgIpc) is 1.68. The van der Waals surface area contributed by atoms with Crippen LogP contribution in [0.2, 0.25) is 0 Å². The second-order valence-electron chi connectivity index (χ2n) is 1.59. The maximum absolute atomic E-state index is 10.4. The van der Waals surface area contributed by atoms with E-state index in [0.717, 1.165) is 12.8 Å². The molecular weight excluding hydrogens is 88.1 g/mol. The average molecular weight is 100 g/mol. The number of hydrogen-bond acceptors (Lipinski definition) is 0. The summed E-state index contributed by atoms with van der Waals surface area (Å²) in [4.78, 5) is 0. The van der Waals surface area contributed by atoms with Gasteiger partial charge in [-0.25, -0.2) is 5.11 Å². The van der Waals surface area contributed by atoms with E-state index in [9.17, 15) is 5.11 Å². The Morgan fingerprint density at radius 1 is 1.57 bits per heavy atom. The van der Waals surface area contributed by atoms with E-state index >= 15 is 0 Å². The molecule has 0 aromatic carbocycles. The van der Waals surface area contributed by atoms with Crippen LogP contribution in [0.25, 0.3) is 0 Å². The van der Waals surface area contributed by atoms with Crippen LogP contribution >= 0.6 is 0 Å². The Bertz CT molecular complexity index is 35.2. The van der Waals surface area contributed by atoms with Gasteiger partial charge < -0.3 is 0 Å². The zero-order valence-electron chi connectivity index (χ0n) is 4.98. The molecule has 0 aromatic heterocycles. The molecule has 0 amide bonds. The summed E-state index contributed by atoms with van der Waals surface area (Å²) in [5.74, 6) is 0. The highest BCUT2D eigenvalue weighted by Crippen LogP contribution is 1.97. The van der Waals surface area contributed by atoms with Crippen molar-refractivity contribution in [3.63, 3.8) is 0 Å². The van der Waals surface area contributed by atoms with Crippen LogP contribution in [-0.2, 0) is 5.11 Å². The van der Waals surface area contributed by atoms with Crippen LogP contribution in [0, 0.1) is 6.42 Å². The lowest BCUT2D eigenvalue weighted by Gasteiger charge is -1.97. The van der Waals surface area contributed by atoms with Gasteiger partial charge >= 0.3 is 0 Å². The van der Waals surface area contributed by atoms with Crippen molar-refractivity contribution in [2.45, 2.75) is 32.8 Å². The Kier molecular flexibility index (Phi) is 4.10. The first-order valence-corrected chi connectivity index (χ1v) is 2.80. The van der Waals surface area contributed by atoms with Crippen molar-refractivity contribution >= 4 is 0 Å². The number of rotatable bonds is 3. The van der Waals surface area contributed by atoms with Crippen LogP contribution in [0.4, 0.5) is 0 Å². The van der Waals surface area contributed by atoms with E-state index in [4.69, 9.17) is 0 Å². The molecule has 1 nitrogen and oxygen atoms in total. The second kappa shape index (κ2) is 4.13. The van der Waals surface area contributed by atoms with Gasteiger partial charge in [-0.3, -0.25) is 0 Å². The molecule has 0 spiro atoms. The Balaban J connectivity index is 2.83. The van der Waals surface area contributed by atoms with Crippen LogP contribution in [0.15, 0.2) is 0 Å². The van der Waals surface area contributed by atoms with Gasteiger partial charge in [-0.05, 0) is 12.8 Å². The van der Waals surface area contributed by atoms with Crippen LogP contribution in [0.1, 0.15) is 26.7 Å². The summed E-state index contributed by atoms with van der Waals surface area (Å²) in [6, 6.07) is 0. The van der Waals surface area contributed by atoms with Crippen molar-refractivity contribution in [3.8, 4) is 0 Å². The van der Waals surface area contributed by atoms with Gasteiger partial charge in [0.05, 0.1) is 6.10 Å². The standard InChI is InChI=1S/C6H12O/c1-3-5-6(7)4-2/h5-6H,3-4H2,1-2H3. The van der Waals surface area contributed by atoms with E-state index in [1.54, 1.807) is 6.42 Å². The third-order valence-corrected chi connectivity index (χ3v) is 0.901. The maximum atomic E-state index is 10.4. The lowest BCUT2D eigenvalue weighted by Crippen LogP contribution is -2.00. The molecule has 0 aliphatic rings. The van der Waals surface area contributed by atoms with Gasteiger partial charge in [0.2, 0.25) is 0 Å². The quantitative estimate of drug-likeness (QED) is 0.515. The zero-order chi connectivity index (χ0) is 5.70. The third-order valence-electron chi connectivity index (χ3n) is 0.901. The van der Waals surface area contributed by atoms with E-state index in [2.05, 4.69) is 0 Å². The fourth-order valence-corrected chi connectivity index (χ4v) is 0.430. The van der Waals surface area contributed by atoms with Crippen molar-refractivity contribution in [3.05, 3.63) is 6.42 Å². The number of hydrogen-bond donors (Lipinski definition) is 0. The fraction of sp³-hybridized carbons (Fsp3) is 0.833. The Labute approximate surface area is 45.4 Å². The molecule has 1 heteroatoms. The van der Waals surface area contributed by atoms with Gasteiger partial charge in [0.25, 0.3) is 0 Å². The highest BCUT2D eigenvalue weighted by molar-refractivity contribution is 4.70. The first kappa shape index (κ1) is 6.96. The molecule has 0 aliphatic carbocycles. The summed E-state index contributed by atoms with van der Waals surface area (Å²) in [6.45, 7) is 3.89. The highest BCUT2D eigenvalue weighted by atomic mass is 16.3. The molecule has 0 aliphatic heterocycles. The summed E-state index contributed by atoms with van der Waals surface area (Å²) in [5.41, 5.74) is 0. The lowest BCUT2D eigenvalue weighted by atomic mass is 10.2. The van der Waals surface area contributed by atoms with Crippen molar-refractivity contribution in [1.82, 2.24) is 0 Å². The van der Waals surface area contributed by atoms with Gasteiger partial charge in [-0.2, -0.15) is 0 Å². The van der Waals surface area contributed by atoms with Gasteiger partial charge in [0.1, 0.15) is 0 Å². The topological polar surface area (TPSA) is 19.9 Å². The SMILES string of the molecule is CC[CH]C([O])CC. The largest absolute Gasteiger partial charge is 0.233 e. The van der Waals surface area contributed by atoms with Crippen LogP contribution < -0.4 is 0 Å². The van der Waals surface area contributed by atoms with E-state index in [-0.39, 0.29) is 0 Å². The maximum Gasteiger partial charge on any atom is 0.0959 e. The molecule has 0 heterocycles. The predicted molar refractivity (Wildman–Crippen MR) is 29.4 cm³/mol. The summed E-state index contributed by atoms with van der Waals surface area (Å²) >= 11 is 0. The molecule has 0 aromatic rings. The van der Waals surface area contributed by atoms with Gasteiger partial charge in [0.15, 0.2) is 0 Å². The highest BCUT2D eigenvalue weighted by Gasteiger charge is 1.97. The molecule has 0 fully saturated rings. The van der Waals surface area contributed by atoms with Crippen LogP contribution in [0.3, 0.4) is 0 Å². The van der Waals surface area contributed by atoms with Crippen molar-refractivity contribution in [2.75, 3.05) is 0 Å². The van der Waals surface area contributed by atoms with E-state index in [1.807, 2.05) is 13.8 Å². The molecule has 0 rings (SSSR count). The molecule has 1 unspecified atom stereocenters. The summed E-state index contributed by atoms with van der Waals surface area (Å²) in [7, 11) is 0. The Morgan fingerprint density at radius 2 is 2.14 bits per heavy atom. The fourth-order valence-electron chi connectivity index (χ4n) is 0.430. The monoisotopic (exact) mass is 100 g/mol. The minimum absolute atomic E-state index is 0.426. The third kappa shape index (κ3) is 3.80. The minimum Gasteiger partial charge on any atom is -0.233 e. The van der Waals surface area contributed by atoms with E-state index < -0.39 is 6.10 Å². The molecular formula is C6H12O. The van der Waals surface area contributed by atoms with Crippen molar-refractivity contribution in [2.24, 2.45) is 0 Å². The Hall–Kier alpha value is -0.0400. The normalized spacial score (nSPS) is 14.1. The van der Waals surface area contributed by atoms with E-state index in [0.29, 0.717) is 0 Å². The van der Waals surface area contributed by atoms with Gasteiger partial charge in [0, 0.05) is 0 Å². The van der Waals surface area contributed by atoms with Crippen molar-refractivity contribution in [1.29, 1.82) is 0 Å². The molecule has 0 saturated heterocycles. The zero-order valence-corrected chi connectivity index (χ0v) is 4.98. The van der Waals surface area contributed by atoms with Gasteiger partial charge in [-0.1, -0.05) is 20.3 Å².